The van der Waals surface area contributed by atoms with Crippen molar-refractivity contribution in [1.82, 2.24) is 10.6 Å². The van der Waals surface area contributed by atoms with Gasteiger partial charge in [-0.1, -0.05) is 64.3 Å². The Labute approximate surface area is 280 Å². The summed E-state index contributed by atoms with van der Waals surface area (Å²) in [6, 6.07) is 4.57. The number of ketones is 2. The predicted octanol–water partition coefficient (Wildman–Crippen LogP) is 2.88. The molecule has 3 aliphatic carbocycles. The van der Waals surface area contributed by atoms with Gasteiger partial charge in [0, 0.05) is 17.9 Å². The van der Waals surface area contributed by atoms with Crippen molar-refractivity contribution in [2.24, 2.45) is 16.7 Å². The molecule has 1 saturated carbocycles. The second-order valence-corrected chi connectivity index (χ2v) is 15.9. The average Bonchev–Trinajstić information content (AvgIpc) is 3.53. The Morgan fingerprint density at radius 3 is 2.62 bits per heavy atom. The molecule has 1 saturated heterocycles. The molecule has 7 N–H and O–H groups in total. The molecule has 6 aliphatic rings. The maximum Gasteiger partial charge on any atom is 0.229 e. The van der Waals surface area contributed by atoms with Crippen molar-refractivity contribution in [2.45, 2.75) is 69.2 Å². The van der Waals surface area contributed by atoms with Crippen molar-refractivity contribution in [1.29, 1.82) is 0 Å². The van der Waals surface area contributed by atoms with Crippen LogP contribution in [0.5, 0.6) is 5.75 Å². The number of rotatable bonds is 1. The van der Waals surface area contributed by atoms with Crippen LogP contribution in [0.2, 0.25) is 0 Å². The van der Waals surface area contributed by atoms with E-state index in [0.717, 1.165) is 37.1 Å². The van der Waals surface area contributed by atoms with Crippen LogP contribution < -0.4 is 15.4 Å². The summed E-state index contributed by atoms with van der Waals surface area (Å²) in [6.07, 6.45) is 4.15. The molecule has 0 radical (unpaired) electrons. The van der Waals surface area contributed by atoms with Crippen molar-refractivity contribution in [3.05, 3.63) is 76.4 Å². The minimum absolute atomic E-state index is 0.0261. The highest BCUT2D eigenvalue weighted by molar-refractivity contribution is 8.76. The van der Waals surface area contributed by atoms with E-state index in [-0.39, 0.29) is 40.6 Å². The summed E-state index contributed by atoms with van der Waals surface area (Å²) in [6.45, 7) is 1.63. The number of Topliss-reactive ketones (excluding diaryl/α,β-unsaturated/α-hetero) is 2. The van der Waals surface area contributed by atoms with E-state index in [0.29, 0.717) is 18.0 Å². The van der Waals surface area contributed by atoms with E-state index in [1.54, 1.807) is 19.1 Å². The quantitative estimate of drug-likeness (QED) is 0.215. The minimum atomic E-state index is -2.17. The second kappa shape index (κ2) is 12.3. The molecule has 7 rings (SSSR count). The van der Waals surface area contributed by atoms with Crippen LogP contribution in [0, 0.1) is 16.7 Å². The molecule has 6 bridgehead atoms. The van der Waals surface area contributed by atoms with E-state index in [4.69, 9.17) is 9.47 Å². The summed E-state index contributed by atoms with van der Waals surface area (Å²) in [5.41, 5.74) is -2.63. The van der Waals surface area contributed by atoms with Crippen molar-refractivity contribution in [3.63, 3.8) is 0 Å². The zero-order valence-corrected chi connectivity index (χ0v) is 27.6. The lowest BCUT2D eigenvalue weighted by Gasteiger charge is -2.51. The largest absolute Gasteiger partial charge is 0.511 e. The molecule has 0 aromatic heterocycles. The molecule has 252 valence electrons. The summed E-state index contributed by atoms with van der Waals surface area (Å²) >= 11 is 0. The fourth-order valence-corrected chi connectivity index (χ4v) is 10.6. The van der Waals surface area contributed by atoms with Gasteiger partial charge >= 0.3 is 0 Å². The number of aliphatic hydroxyl groups excluding tert-OH is 4. The number of aliphatic hydroxyl groups is 5. The van der Waals surface area contributed by atoms with Gasteiger partial charge in [-0.3, -0.25) is 9.59 Å². The van der Waals surface area contributed by atoms with Crippen LogP contribution in [0.3, 0.4) is 0 Å². The summed E-state index contributed by atoms with van der Waals surface area (Å²) in [4.78, 5) is 28.8. The van der Waals surface area contributed by atoms with Crippen LogP contribution in [0.25, 0.3) is 0 Å². The van der Waals surface area contributed by atoms with Crippen molar-refractivity contribution >= 4 is 33.2 Å². The molecule has 2 fully saturated rings. The SMILES string of the molecule is CC1=CC2C(=O)c3cccc4c3C(=O)C2(CSSCNC2=CC(=CCN2)C2(CCCC2)CC2(O)C(O)C(CO)OC(O4)C2O)C(O)=C1. The zero-order chi connectivity index (χ0) is 33.1. The first-order chi connectivity index (χ1) is 22.5. The normalized spacial score (nSPS) is 36.7. The van der Waals surface area contributed by atoms with E-state index in [1.165, 1.54) is 39.8 Å². The van der Waals surface area contributed by atoms with Gasteiger partial charge in [0.15, 0.2) is 11.6 Å². The standard InChI is InChI=1S/C34H40N2O9S2/c1-18-11-21-27(39)20-5-4-6-22-26(20)29(41)33(21,24(38)12-18)16-46-47-17-36-25-13-19(7-10-35-25)32(8-2-3-9-32)15-34(43)28(40)23(14-37)45-31(44-22)30(34)42/h4-7,11-13,21,23,28,30-31,35-38,40,42-43H,2-3,8-10,14-17H2,1H3. The number of hydrogen-bond acceptors (Lipinski definition) is 13. The first-order valence-corrected chi connectivity index (χ1v) is 18.5. The number of fused-ring (bicyclic) bond motifs is 4. The molecule has 11 nitrogen and oxygen atoms in total. The molecular formula is C34H40N2O9S2. The van der Waals surface area contributed by atoms with Gasteiger partial charge in [0.25, 0.3) is 0 Å². The van der Waals surface area contributed by atoms with E-state index in [9.17, 15) is 35.1 Å². The summed E-state index contributed by atoms with van der Waals surface area (Å²) in [7, 11) is 2.84. The van der Waals surface area contributed by atoms with Gasteiger partial charge in [0.1, 0.15) is 40.8 Å². The third-order valence-electron chi connectivity index (χ3n) is 10.8. The van der Waals surface area contributed by atoms with Gasteiger partial charge in [-0.2, -0.15) is 0 Å². The third-order valence-corrected chi connectivity index (χ3v) is 13.0. The van der Waals surface area contributed by atoms with Gasteiger partial charge in [-0.25, -0.2) is 0 Å². The lowest BCUT2D eigenvalue weighted by molar-refractivity contribution is -0.319. The highest BCUT2D eigenvalue weighted by Crippen LogP contribution is 2.55. The maximum atomic E-state index is 14.7. The molecule has 47 heavy (non-hydrogen) atoms. The number of carbonyl (C=O) groups is 2. The van der Waals surface area contributed by atoms with Gasteiger partial charge in [-0.15, -0.1) is 0 Å². The maximum absolute atomic E-state index is 14.7. The number of dihydropyridines is 1. The molecule has 1 aromatic rings. The number of carbonyl (C=O) groups excluding carboxylic acids is 2. The number of nitrogens with one attached hydrogen (secondary N) is 2. The van der Waals surface area contributed by atoms with Crippen molar-refractivity contribution in [3.8, 4) is 5.75 Å². The van der Waals surface area contributed by atoms with Crippen LogP contribution in [0.1, 0.15) is 59.7 Å². The van der Waals surface area contributed by atoms with Gasteiger partial charge in [0.2, 0.25) is 6.29 Å². The van der Waals surface area contributed by atoms with Crippen LogP contribution in [-0.4, -0.2) is 92.1 Å². The van der Waals surface area contributed by atoms with Gasteiger partial charge in [-0.05, 0) is 55.4 Å². The predicted molar refractivity (Wildman–Crippen MR) is 177 cm³/mol. The van der Waals surface area contributed by atoms with E-state index >= 15 is 0 Å². The molecule has 0 amide bonds. The monoisotopic (exact) mass is 684 g/mol. The van der Waals surface area contributed by atoms with Crippen molar-refractivity contribution < 1.29 is 44.6 Å². The topological polar surface area (TPSA) is 178 Å². The lowest BCUT2D eigenvalue weighted by atomic mass is 9.60. The number of hydrogen-bond donors (Lipinski definition) is 7. The fraction of sp³-hybridized carbons (Fsp3) is 0.529. The number of ether oxygens (including phenoxy) is 2. The molecule has 3 aliphatic heterocycles. The van der Waals surface area contributed by atoms with Crippen LogP contribution in [0.4, 0.5) is 0 Å². The smallest absolute Gasteiger partial charge is 0.229 e. The molecule has 13 heteroatoms. The number of allylic oxidation sites excluding steroid dienone is 6. The zero-order valence-electron chi connectivity index (χ0n) is 26.0. The van der Waals surface area contributed by atoms with E-state index in [2.05, 4.69) is 16.7 Å². The number of benzene rings is 1. The summed E-state index contributed by atoms with van der Waals surface area (Å²) in [5, 5.41) is 63.9. The van der Waals surface area contributed by atoms with Gasteiger partial charge < -0.3 is 45.6 Å². The highest BCUT2D eigenvalue weighted by Gasteiger charge is 2.61. The Morgan fingerprint density at radius 1 is 1.06 bits per heavy atom. The van der Waals surface area contributed by atoms with E-state index < -0.39 is 59.3 Å². The Bertz CT molecular complexity index is 1600. The molecule has 1 aromatic carbocycles. The second-order valence-electron chi connectivity index (χ2n) is 13.4. The van der Waals surface area contributed by atoms with Crippen LogP contribution in [0.15, 0.2) is 65.2 Å². The Morgan fingerprint density at radius 2 is 1.85 bits per heavy atom. The molecular weight excluding hydrogens is 645 g/mol. The molecule has 2 spiro atoms. The van der Waals surface area contributed by atoms with Crippen LogP contribution >= 0.6 is 21.6 Å². The summed E-state index contributed by atoms with van der Waals surface area (Å²) < 4.78 is 12.1. The fourth-order valence-electron chi connectivity index (χ4n) is 8.29. The molecule has 7 atom stereocenters. The van der Waals surface area contributed by atoms with E-state index in [1.807, 2.05) is 6.08 Å². The average molecular weight is 685 g/mol. The Hall–Kier alpha value is -2.78. The van der Waals surface area contributed by atoms with Gasteiger partial charge in [0.05, 0.1) is 29.8 Å². The highest BCUT2D eigenvalue weighted by atomic mass is 33.1. The summed E-state index contributed by atoms with van der Waals surface area (Å²) in [5.74, 6) is -0.766. The third kappa shape index (κ3) is 5.17. The Balaban J connectivity index is 1.36. The minimum Gasteiger partial charge on any atom is -0.511 e. The van der Waals surface area contributed by atoms with Crippen LogP contribution in [-0.2, 0) is 4.74 Å². The van der Waals surface area contributed by atoms with Crippen molar-refractivity contribution in [2.75, 3.05) is 24.8 Å². The lowest BCUT2D eigenvalue weighted by Crippen LogP contribution is -2.69. The molecule has 3 heterocycles. The Kier molecular flexibility index (Phi) is 8.55. The molecule has 7 unspecified atom stereocenters. The first kappa shape index (κ1) is 32.8. The first-order valence-electron chi connectivity index (χ1n) is 16.0.